The van der Waals surface area contributed by atoms with Crippen LogP contribution < -0.4 is 0 Å². The van der Waals surface area contributed by atoms with Crippen molar-refractivity contribution in [3.05, 3.63) is 176 Å². The number of hydrogen-bond acceptors (Lipinski definition) is 4. The van der Waals surface area contributed by atoms with E-state index in [2.05, 4.69) is 162 Å². The molecular formula is C50H29N3OS. The molecule has 0 aliphatic rings. The fraction of sp³-hybridized carbons (Fsp3) is 0. The number of aromatic nitrogens is 3. The minimum absolute atomic E-state index is 0.686. The Morgan fingerprint density at radius 3 is 2.11 bits per heavy atom. The van der Waals surface area contributed by atoms with E-state index in [1.54, 1.807) is 11.3 Å². The van der Waals surface area contributed by atoms with Crippen molar-refractivity contribution < 1.29 is 4.42 Å². The fourth-order valence-corrected chi connectivity index (χ4v) is 9.68. The molecule has 4 nitrogen and oxygen atoms in total. The number of benzene rings is 8. The van der Waals surface area contributed by atoms with Crippen molar-refractivity contribution in [3.8, 4) is 39.5 Å². The Labute approximate surface area is 319 Å². The number of hydrogen-bond donors (Lipinski definition) is 0. The van der Waals surface area contributed by atoms with E-state index in [1.165, 1.54) is 37.4 Å². The molecule has 0 saturated heterocycles. The zero-order valence-corrected chi connectivity index (χ0v) is 30.2. The van der Waals surface area contributed by atoms with Gasteiger partial charge in [0, 0.05) is 48.4 Å². The lowest BCUT2D eigenvalue weighted by atomic mass is 10.0. The summed E-state index contributed by atoms with van der Waals surface area (Å²) in [6, 6.07) is 62.5. The van der Waals surface area contributed by atoms with Gasteiger partial charge in [0.2, 0.25) is 0 Å². The van der Waals surface area contributed by atoms with Gasteiger partial charge in [-0.25, -0.2) is 9.97 Å². The van der Waals surface area contributed by atoms with E-state index in [9.17, 15) is 0 Å². The van der Waals surface area contributed by atoms with Crippen LogP contribution in [0.1, 0.15) is 0 Å². The van der Waals surface area contributed by atoms with Gasteiger partial charge in [0.25, 0.3) is 0 Å². The van der Waals surface area contributed by atoms with Crippen molar-refractivity contribution in [2.24, 2.45) is 0 Å². The normalized spacial score (nSPS) is 12.0. The average molecular weight is 720 g/mol. The summed E-state index contributed by atoms with van der Waals surface area (Å²) in [5.41, 5.74) is 11.4. The molecule has 4 heterocycles. The summed E-state index contributed by atoms with van der Waals surface area (Å²) in [5, 5.41) is 8.13. The third kappa shape index (κ3) is 4.57. The molecule has 0 aliphatic heterocycles. The summed E-state index contributed by atoms with van der Waals surface area (Å²) in [7, 11) is 0. The van der Waals surface area contributed by atoms with E-state index in [0.29, 0.717) is 5.82 Å². The Morgan fingerprint density at radius 1 is 0.473 bits per heavy atom. The molecular weight excluding hydrogens is 691 g/mol. The molecule has 12 rings (SSSR count). The highest BCUT2D eigenvalue weighted by atomic mass is 32.1. The Morgan fingerprint density at radius 2 is 1.24 bits per heavy atom. The van der Waals surface area contributed by atoms with Gasteiger partial charge in [0.15, 0.2) is 5.82 Å². The van der Waals surface area contributed by atoms with Crippen molar-refractivity contribution >= 4 is 86.2 Å². The first-order valence-corrected chi connectivity index (χ1v) is 19.3. The minimum atomic E-state index is 0.686. The second kappa shape index (κ2) is 11.7. The van der Waals surface area contributed by atoms with Crippen molar-refractivity contribution in [3.63, 3.8) is 0 Å². The summed E-state index contributed by atoms with van der Waals surface area (Å²) in [5.74, 6) is 0.686. The van der Waals surface area contributed by atoms with Crippen LogP contribution in [0.2, 0.25) is 0 Å². The number of thiophene rings is 1. The van der Waals surface area contributed by atoms with E-state index >= 15 is 0 Å². The van der Waals surface area contributed by atoms with Crippen molar-refractivity contribution in [1.29, 1.82) is 0 Å². The second-order valence-electron chi connectivity index (χ2n) is 14.1. The zero-order valence-electron chi connectivity index (χ0n) is 29.4. The van der Waals surface area contributed by atoms with Gasteiger partial charge in [-0.2, -0.15) is 0 Å². The maximum absolute atomic E-state index is 6.58. The third-order valence-electron chi connectivity index (χ3n) is 11.0. The molecule has 0 N–H and O–H groups in total. The van der Waals surface area contributed by atoms with Gasteiger partial charge in [-0.1, -0.05) is 127 Å². The van der Waals surface area contributed by atoms with Crippen LogP contribution in [0.25, 0.3) is 114 Å². The van der Waals surface area contributed by atoms with Crippen LogP contribution in [-0.4, -0.2) is 14.5 Å². The lowest BCUT2D eigenvalue weighted by Gasteiger charge is -2.10. The van der Waals surface area contributed by atoms with Crippen LogP contribution in [0.5, 0.6) is 0 Å². The van der Waals surface area contributed by atoms with Gasteiger partial charge in [-0.3, -0.25) is 0 Å². The molecule has 0 fully saturated rings. The molecule has 5 heteroatoms. The fourth-order valence-electron chi connectivity index (χ4n) is 8.52. The molecule has 0 bridgehead atoms. The highest BCUT2D eigenvalue weighted by Gasteiger charge is 2.21. The maximum Gasteiger partial charge on any atom is 0.161 e. The Balaban J connectivity index is 1.13. The van der Waals surface area contributed by atoms with Crippen molar-refractivity contribution in [2.75, 3.05) is 0 Å². The van der Waals surface area contributed by atoms with E-state index in [1.807, 2.05) is 18.2 Å². The van der Waals surface area contributed by atoms with Crippen LogP contribution in [0.4, 0.5) is 0 Å². The summed E-state index contributed by atoms with van der Waals surface area (Å²) in [6.45, 7) is 0. The molecule has 12 aromatic rings. The number of nitrogens with zero attached hydrogens (tertiary/aromatic N) is 3. The molecule has 256 valence electrons. The number of rotatable bonds is 4. The number of furan rings is 1. The summed E-state index contributed by atoms with van der Waals surface area (Å²) < 4.78 is 11.3. The monoisotopic (exact) mass is 719 g/mol. The molecule has 0 unspecified atom stereocenters. The van der Waals surface area contributed by atoms with E-state index < -0.39 is 0 Å². The molecule has 4 aromatic heterocycles. The molecule has 0 atom stereocenters. The topological polar surface area (TPSA) is 43.9 Å². The predicted octanol–water partition coefficient (Wildman–Crippen LogP) is 14.0. The summed E-state index contributed by atoms with van der Waals surface area (Å²) >= 11 is 1.75. The van der Waals surface area contributed by atoms with Gasteiger partial charge in [0.05, 0.1) is 26.9 Å². The third-order valence-corrected chi connectivity index (χ3v) is 12.2. The molecule has 0 saturated carbocycles. The van der Waals surface area contributed by atoms with Crippen LogP contribution in [0.15, 0.2) is 180 Å². The molecule has 8 aromatic carbocycles. The highest BCUT2D eigenvalue weighted by Crippen LogP contribution is 2.43. The standard InChI is InChI=1S/C50H29N3OS/c1-3-12-30(13-4-1)33-23-25-40-38(28-33)45-35-17-8-7-14-31(35)22-26-41(45)53(40)34-24-27-42-39(29-34)46-37(19-11-20-43(46)54-42)50-51-47(32-15-5-2-6-16-32)49-48(52-50)36-18-9-10-21-44(36)55-49/h1-29H. The smallest absolute Gasteiger partial charge is 0.161 e. The summed E-state index contributed by atoms with van der Waals surface area (Å²) in [6.07, 6.45) is 0. The summed E-state index contributed by atoms with van der Waals surface area (Å²) in [4.78, 5) is 10.7. The van der Waals surface area contributed by atoms with E-state index in [-0.39, 0.29) is 0 Å². The quantitative estimate of drug-likeness (QED) is 0.182. The van der Waals surface area contributed by atoms with Crippen LogP contribution >= 0.6 is 11.3 Å². The Hall–Kier alpha value is -7.08. The maximum atomic E-state index is 6.58. The van der Waals surface area contributed by atoms with Gasteiger partial charge >= 0.3 is 0 Å². The van der Waals surface area contributed by atoms with Crippen molar-refractivity contribution in [2.45, 2.75) is 0 Å². The first-order valence-electron chi connectivity index (χ1n) is 18.5. The first kappa shape index (κ1) is 30.4. The van der Waals surface area contributed by atoms with E-state index in [0.717, 1.165) is 71.1 Å². The van der Waals surface area contributed by atoms with Gasteiger partial charge in [0.1, 0.15) is 11.2 Å². The lowest BCUT2D eigenvalue weighted by molar-refractivity contribution is 0.669. The van der Waals surface area contributed by atoms with Gasteiger partial charge in [-0.15, -0.1) is 11.3 Å². The zero-order chi connectivity index (χ0) is 36.0. The molecule has 0 aliphatic carbocycles. The molecule has 0 radical (unpaired) electrons. The van der Waals surface area contributed by atoms with Crippen molar-refractivity contribution in [1.82, 2.24) is 14.5 Å². The predicted molar refractivity (Wildman–Crippen MR) is 230 cm³/mol. The van der Waals surface area contributed by atoms with Crippen LogP contribution in [0, 0.1) is 0 Å². The minimum Gasteiger partial charge on any atom is -0.456 e. The second-order valence-corrected chi connectivity index (χ2v) is 15.2. The van der Waals surface area contributed by atoms with E-state index in [4.69, 9.17) is 14.4 Å². The van der Waals surface area contributed by atoms with Crippen LogP contribution in [-0.2, 0) is 0 Å². The SMILES string of the molecule is c1ccc(-c2ccc3c(c2)c2c4ccccc4ccc2n3-c2ccc3oc4cccc(-c5nc(-c6ccccc6)c6sc7ccccc7c6n5)c4c3c2)cc1. The molecule has 55 heavy (non-hydrogen) atoms. The van der Waals surface area contributed by atoms with Gasteiger partial charge < -0.3 is 8.98 Å². The Kier molecular flexibility index (Phi) is 6.47. The lowest BCUT2D eigenvalue weighted by Crippen LogP contribution is -1.95. The number of fused-ring (bicyclic) bond motifs is 11. The first-order chi connectivity index (χ1) is 27.3. The van der Waals surface area contributed by atoms with Gasteiger partial charge in [-0.05, 0) is 70.4 Å². The molecule has 0 amide bonds. The Bertz CT molecular complexity index is 3490. The average Bonchev–Trinajstić information content (AvgIpc) is 3.93. The highest BCUT2D eigenvalue weighted by molar-refractivity contribution is 7.26. The molecule has 0 spiro atoms. The van der Waals surface area contributed by atoms with Crippen LogP contribution in [0.3, 0.4) is 0 Å². The largest absolute Gasteiger partial charge is 0.456 e.